The van der Waals surface area contributed by atoms with Crippen LogP contribution in [0, 0.1) is 5.82 Å². The van der Waals surface area contributed by atoms with Gasteiger partial charge in [0.1, 0.15) is 12.4 Å². The van der Waals surface area contributed by atoms with Crippen molar-refractivity contribution in [1.29, 1.82) is 0 Å². The van der Waals surface area contributed by atoms with E-state index in [2.05, 4.69) is 4.98 Å². The Morgan fingerprint density at radius 1 is 0.941 bits per heavy atom. The van der Waals surface area contributed by atoms with Gasteiger partial charge in [0.2, 0.25) is 15.9 Å². The molecule has 10 heteroatoms. The molecule has 5 rings (SSSR count). The molecule has 1 amide bonds. The molecule has 3 aromatic carbocycles. The summed E-state index contributed by atoms with van der Waals surface area (Å²) in [5, 5.41) is 1.89. The highest BCUT2D eigenvalue weighted by Gasteiger charge is 2.30. The summed E-state index contributed by atoms with van der Waals surface area (Å²) in [5.41, 5.74) is -0.155. The summed E-state index contributed by atoms with van der Waals surface area (Å²) in [7, 11) is -3.70. The van der Waals surface area contributed by atoms with E-state index in [1.165, 1.54) is 27.7 Å². The smallest absolute Gasteiger partial charge is 0.261 e. The molecule has 1 aliphatic rings. The summed E-state index contributed by atoms with van der Waals surface area (Å²) >= 11 is 0. The number of halogens is 1. The minimum atomic E-state index is -3.70. The maximum atomic E-state index is 13.5. The van der Waals surface area contributed by atoms with Crippen LogP contribution in [-0.2, 0) is 21.4 Å². The molecule has 0 spiro atoms. The SMILES string of the molecule is O=C(Cn1cnc2ccc(F)cc2c1=O)N1CCN(S(=O)(=O)c2ccc3ccccc3c2)CC1. The average Bonchev–Trinajstić information content (AvgIpc) is 2.85. The first-order valence-electron chi connectivity index (χ1n) is 10.7. The van der Waals surface area contributed by atoms with Crippen LogP contribution in [0.3, 0.4) is 0 Å². The second-order valence-electron chi connectivity index (χ2n) is 8.13. The highest BCUT2D eigenvalue weighted by molar-refractivity contribution is 7.89. The van der Waals surface area contributed by atoms with Crippen LogP contribution in [0.25, 0.3) is 21.7 Å². The Bertz CT molecular complexity index is 1580. The van der Waals surface area contributed by atoms with Crippen molar-refractivity contribution in [3.8, 4) is 0 Å². The molecule has 0 radical (unpaired) electrons. The zero-order valence-electron chi connectivity index (χ0n) is 18.1. The number of hydrogen-bond donors (Lipinski definition) is 0. The van der Waals surface area contributed by atoms with Gasteiger partial charge in [0.25, 0.3) is 5.56 Å². The Labute approximate surface area is 194 Å². The number of benzene rings is 3. The van der Waals surface area contributed by atoms with E-state index in [4.69, 9.17) is 0 Å². The van der Waals surface area contributed by atoms with E-state index in [0.29, 0.717) is 5.52 Å². The Kier molecular flexibility index (Phi) is 5.62. The number of rotatable bonds is 4. The molecule has 1 aliphatic heterocycles. The molecule has 0 N–H and O–H groups in total. The summed E-state index contributed by atoms with van der Waals surface area (Å²) in [6, 6.07) is 16.3. The normalized spacial score (nSPS) is 15.1. The molecule has 0 bridgehead atoms. The van der Waals surface area contributed by atoms with Crippen molar-refractivity contribution in [2.45, 2.75) is 11.4 Å². The minimum Gasteiger partial charge on any atom is -0.338 e. The maximum Gasteiger partial charge on any atom is 0.261 e. The number of fused-ring (bicyclic) bond motifs is 2. The number of amides is 1. The van der Waals surface area contributed by atoms with E-state index in [0.717, 1.165) is 21.4 Å². The predicted octanol–water partition coefficient (Wildman–Crippen LogP) is 2.22. The number of aromatic nitrogens is 2. The molecular formula is C24H21FN4O4S. The monoisotopic (exact) mass is 480 g/mol. The van der Waals surface area contributed by atoms with Crippen molar-refractivity contribution in [3.05, 3.63) is 83.2 Å². The molecule has 8 nitrogen and oxygen atoms in total. The number of nitrogens with zero attached hydrogens (tertiary/aromatic N) is 4. The van der Waals surface area contributed by atoms with Gasteiger partial charge in [-0.25, -0.2) is 17.8 Å². The van der Waals surface area contributed by atoms with Crippen LogP contribution in [0.2, 0.25) is 0 Å². The van der Waals surface area contributed by atoms with Gasteiger partial charge in [0.15, 0.2) is 0 Å². The first-order valence-corrected chi connectivity index (χ1v) is 12.2. The van der Waals surface area contributed by atoms with Crippen molar-refractivity contribution in [3.63, 3.8) is 0 Å². The Morgan fingerprint density at radius 2 is 1.68 bits per heavy atom. The largest absolute Gasteiger partial charge is 0.338 e. The van der Waals surface area contributed by atoms with Gasteiger partial charge in [-0.2, -0.15) is 4.31 Å². The minimum absolute atomic E-state index is 0.0987. The quantitative estimate of drug-likeness (QED) is 0.447. The molecule has 174 valence electrons. The standard InChI is InChI=1S/C24H21FN4O4S/c25-19-6-8-22-21(14-19)24(31)28(16-26-22)15-23(30)27-9-11-29(12-10-27)34(32,33)20-7-5-17-3-1-2-4-18(17)13-20/h1-8,13-14,16H,9-12,15H2. The summed E-state index contributed by atoms with van der Waals surface area (Å²) in [4.78, 5) is 31.3. The molecule has 1 fully saturated rings. The molecule has 0 atom stereocenters. The van der Waals surface area contributed by atoms with Crippen LogP contribution in [0.4, 0.5) is 4.39 Å². The lowest BCUT2D eigenvalue weighted by Crippen LogP contribution is -2.51. The van der Waals surface area contributed by atoms with Crippen molar-refractivity contribution < 1.29 is 17.6 Å². The van der Waals surface area contributed by atoms with Gasteiger partial charge in [-0.15, -0.1) is 0 Å². The second kappa shape index (κ2) is 8.62. The number of hydrogen-bond acceptors (Lipinski definition) is 5. The second-order valence-corrected chi connectivity index (χ2v) is 10.1. The highest BCUT2D eigenvalue weighted by atomic mass is 32.2. The van der Waals surface area contributed by atoms with Crippen molar-refractivity contribution in [1.82, 2.24) is 18.8 Å². The predicted molar refractivity (Wildman–Crippen MR) is 125 cm³/mol. The molecule has 0 unspecified atom stereocenters. The fourth-order valence-electron chi connectivity index (χ4n) is 4.14. The lowest BCUT2D eigenvalue weighted by molar-refractivity contribution is -0.133. The summed E-state index contributed by atoms with van der Waals surface area (Å²) in [6.07, 6.45) is 1.26. The zero-order chi connectivity index (χ0) is 23.9. The molecule has 0 aliphatic carbocycles. The first kappa shape index (κ1) is 22.2. The molecule has 1 saturated heterocycles. The van der Waals surface area contributed by atoms with Crippen molar-refractivity contribution in [2.24, 2.45) is 0 Å². The Morgan fingerprint density at radius 3 is 2.44 bits per heavy atom. The van der Waals surface area contributed by atoms with E-state index in [1.54, 1.807) is 18.2 Å². The molecule has 2 heterocycles. The highest BCUT2D eigenvalue weighted by Crippen LogP contribution is 2.23. The summed E-state index contributed by atoms with van der Waals surface area (Å²) in [5.74, 6) is -0.887. The van der Waals surface area contributed by atoms with Crippen molar-refractivity contribution >= 4 is 37.6 Å². The van der Waals surface area contributed by atoms with Crippen LogP contribution >= 0.6 is 0 Å². The van der Waals surface area contributed by atoms with Crippen LogP contribution in [0.5, 0.6) is 0 Å². The van der Waals surface area contributed by atoms with Gasteiger partial charge in [-0.1, -0.05) is 30.3 Å². The van der Waals surface area contributed by atoms with Crippen LogP contribution < -0.4 is 5.56 Å². The fraction of sp³-hybridized carbons (Fsp3) is 0.208. The molecule has 0 saturated carbocycles. The molecule has 1 aromatic heterocycles. The van der Waals surface area contributed by atoms with E-state index in [1.807, 2.05) is 24.3 Å². The molecule has 4 aromatic rings. The van der Waals surface area contributed by atoms with Gasteiger partial charge in [0, 0.05) is 26.2 Å². The third kappa shape index (κ3) is 4.06. The van der Waals surface area contributed by atoms with Gasteiger partial charge in [-0.3, -0.25) is 14.2 Å². The number of carbonyl (C=O) groups excluding carboxylic acids is 1. The van der Waals surface area contributed by atoms with E-state index in [-0.39, 0.29) is 48.9 Å². The topological polar surface area (TPSA) is 92.6 Å². The Balaban J connectivity index is 1.28. The Hall–Kier alpha value is -3.63. The molecular weight excluding hydrogens is 459 g/mol. The van der Waals surface area contributed by atoms with Gasteiger partial charge >= 0.3 is 0 Å². The van der Waals surface area contributed by atoms with E-state index >= 15 is 0 Å². The third-order valence-electron chi connectivity index (χ3n) is 6.04. The lowest BCUT2D eigenvalue weighted by Gasteiger charge is -2.34. The van der Waals surface area contributed by atoms with Crippen LogP contribution in [0.1, 0.15) is 0 Å². The fourth-order valence-corrected chi connectivity index (χ4v) is 5.60. The van der Waals surface area contributed by atoms with E-state index in [9.17, 15) is 22.4 Å². The zero-order valence-corrected chi connectivity index (χ0v) is 18.9. The maximum absolute atomic E-state index is 13.5. The van der Waals surface area contributed by atoms with Gasteiger partial charge in [-0.05, 0) is 41.1 Å². The van der Waals surface area contributed by atoms with Gasteiger partial charge in [0.05, 0.1) is 22.1 Å². The average molecular weight is 481 g/mol. The number of carbonyl (C=O) groups is 1. The molecule has 34 heavy (non-hydrogen) atoms. The van der Waals surface area contributed by atoms with E-state index < -0.39 is 21.4 Å². The number of sulfonamides is 1. The third-order valence-corrected chi connectivity index (χ3v) is 7.94. The number of piperazine rings is 1. The van der Waals surface area contributed by atoms with Crippen LogP contribution in [-0.4, -0.2) is 59.3 Å². The summed E-state index contributed by atoms with van der Waals surface area (Å²) < 4.78 is 42.3. The van der Waals surface area contributed by atoms with Crippen molar-refractivity contribution in [2.75, 3.05) is 26.2 Å². The lowest BCUT2D eigenvalue weighted by atomic mass is 10.1. The van der Waals surface area contributed by atoms with Gasteiger partial charge < -0.3 is 4.90 Å². The van der Waals surface area contributed by atoms with Crippen LogP contribution in [0.15, 0.2) is 76.7 Å². The first-order chi connectivity index (χ1) is 16.3. The summed E-state index contributed by atoms with van der Waals surface area (Å²) in [6.45, 7) is 0.454.